The third-order valence-corrected chi connectivity index (χ3v) is 5.25. The molecule has 146 valence electrons. The van der Waals surface area contributed by atoms with Crippen LogP contribution in [0.1, 0.15) is 6.92 Å². The van der Waals surface area contributed by atoms with Crippen molar-refractivity contribution >= 4 is 34.6 Å². The Morgan fingerprint density at radius 1 is 1.29 bits per heavy atom. The SMILES string of the molecule is CCN(C)c1nccnc1N1CCN(c2cc3cc(F)ccc3[nH]2)C(C=O)C1. The Morgan fingerprint density at radius 3 is 2.89 bits per heavy atom. The molecule has 1 aliphatic heterocycles. The van der Waals surface area contributed by atoms with E-state index in [1.807, 2.05) is 22.9 Å². The van der Waals surface area contributed by atoms with E-state index in [-0.39, 0.29) is 11.9 Å². The van der Waals surface area contributed by atoms with Crippen molar-refractivity contribution in [3.8, 4) is 0 Å². The molecule has 2 aromatic heterocycles. The van der Waals surface area contributed by atoms with Crippen molar-refractivity contribution in [1.82, 2.24) is 15.0 Å². The number of hydrogen-bond acceptors (Lipinski definition) is 6. The van der Waals surface area contributed by atoms with Crippen molar-refractivity contribution in [3.05, 3.63) is 42.5 Å². The fraction of sp³-hybridized carbons (Fsp3) is 0.350. The fourth-order valence-corrected chi connectivity index (χ4v) is 3.63. The van der Waals surface area contributed by atoms with Crippen LogP contribution in [0.3, 0.4) is 0 Å². The molecule has 28 heavy (non-hydrogen) atoms. The summed E-state index contributed by atoms with van der Waals surface area (Å²) >= 11 is 0. The van der Waals surface area contributed by atoms with E-state index in [9.17, 15) is 9.18 Å². The molecule has 7 nitrogen and oxygen atoms in total. The lowest BCUT2D eigenvalue weighted by atomic mass is 10.1. The first-order valence-electron chi connectivity index (χ1n) is 9.38. The molecule has 0 saturated carbocycles. The van der Waals surface area contributed by atoms with Crippen LogP contribution in [-0.4, -0.2) is 60.5 Å². The van der Waals surface area contributed by atoms with Crippen LogP contribution >= 0.6 is 0 Å². The first-order chi connectivity index (χ1) is 13.6. The number of nitrogens with zero attached hydrogens (tertiary/aromatic N) is 5. The Morgan fingerprint density at radius 2 is 2.11 bits per heavy atom. The molecule has 0 radical (unpaired) electrons. The van der Waals surface area contributed by atoms with Gasteiger partial charge in [-0.25, -0.2) is 14.4 Å². The normalized spacial score (nSPS) is 17.2. The van der Waals surface area contributed by atoms with Gasteiger partial charge in [0.05, 0.1) is 0 Å². The van der Waals surface area contributed by atoms with E-state index in [0.29, 0.717) is 19.6 Å². The molecule has 8 heteroatoms. The van der Waals surface area contributed by atoms with E-state index in [1.165, 1.54) is 12.1 Å². The number of halogens is 1. The van der Waals surface area contributed by atoms with E-state index in [2.05, 4.69) is 26.8 Å². The number of hydrogen-bond donors (Lipinski definition) is 1. The summed E-state index contributed by atoms with van der Waals surface area (Å²) in [6.45, 7) is 4.73. The summed E-state index contributed by atoms with van der Waals surface area (Å²) in [7, 11) is 1.98. The zero-order valence-corrected chi connectivity index (χ0v) is 16.0. The Hall–Kier alpha value is -3.16. The minimum absolute atomic E-state index is 0.273. The van der Waals surface area contributed by atoms with Crippen molar-refractivity contribution in [2.45, 2.75) is 13.0 Å². The van der Waals surface area contributed by atoms with Gasteiger partial charge in [0.25, 0.3) is 0 Å². The predicted molar refractivity (Wildman–Crippen MR) is 109 cm³/mol. The standard InChI is InChI=1S/C20H23FN6O/c1-3-25(2)19-20(23-7-6-22-19)26-8-9-27(16(12-26)13-28)18-11-14-10-15(21)4-5-17(14)24-18/h4-7,10-11,13,16,24H,3,8-9,12H2,1-2H3. The molecule has 0 spiro atoms. The van der Waals surface area contributed by atoms with Gasteiger partial charge in [-0.15, -0.1) is 0 Å². The van der Waals surface area contributed by atoms with Crippen LogP contribution in [0.2, 0.25) is 0 Å². The molecule has 3 aromatic rings. The topological polar surface area (TPSA) is 68.4 Å². The fourth-order valence-electron chi connectivity index (χ4n) is 3.63. The zero-order valence-electron chi connectivity index (χ0n) is 16.0. The molecule has 1 atom stereocenters. The second-order valence-electron chi connectivity index (χ2n) is 6.95. The lowest BCUT2D eigenvalue weighted by Gasteiger charge is -2.40. The summed E-state index contributed by atoms with van der Waals surface area (Å²) in [4.78, 5) is 30.3. The maximum atomic E-state index is 13.5. The first kappa shape index (κ1) is 18.2. The van der Waals surface area contributed by atoms with E-state index >= 15 is 0 Å². The van der Waals surface area contributed by atoms with Gasteiger partial charge in [-0.1, -0.05) is 0 Å². The van der Waals surface area contributed by atoms with Crippen LogP contribution in [0, 0.1) is 5.82 Å². The zero-order chi connectivity index (χ0) is 19.7. The number of anilines is 3. The van der Waals surface area contributed by atoms with Crippen LogP contribution in [0.4, 0.5) is 21.8 Å². The van der Waals surface area contributed by atoms with Crippen molar-refractivity contribution in [2.75, 3.05) is 47.9 Å². The number of aromatic nitrogens is 3. The van der Waals surface area contributed by atoms with E-state index < -0.39 is 0 Å². The summed E-state index contributed by atoms with van der Waals surface area (Å²) in [6, 6.07) is 6.19. The van der Waals surface area contributed by atoms with Gasteiger partial charge in [0, 0.05) is 56.5 Å². The highest BCUT2D eigenvalue weighted by atomic mass is 19.1. The highest BCUT2D eigenvalue weighted by Crippen LogP contribution is 2.29. The van der Waals surface area contributed by atoms with Gasteiger partial charge in [-0.05, 0) is 31.2 Å². The number of rotatable bonds is 5. The number of aromatic amines is 1. The van der Waals surface area contributed by atoms with Crippen molar-refractivity contribution in [3.63, 3.8) is 0 Å². The van der Waals surface area contributed by atoms with E-state index in [1.54, 1.807) is 18.5 Å². The molecule has 1 saturated heterocycles. The average molecular weight is 382 g/mol. The Bertz CT molecular complexity index is 990. The Labute approximate surface area is 162 Å². The summed E-state index contributed by atoms with van der Waals surface area (Å²) in [6.07, 6.45) is 4.32. The van der Waals surface area contributed by atoms with E-state index in [0.717, 1.165) is 41.2 Å². The van der Waals surface area contributed by atoms with Crippen molar-refractivity contribution < 1.29 is 9.18 Å². The molecule has 1 fully saturated rings. The Kier molecular flexibility index (Phi) is 4.85. The number of fused-ring (bicyclic) bond motifs is 1. The van der Waals surface area contributed by atoms with Gasteiger partial charge in [0.15, 0.2) is 11.6 Å². The molecular formula is C20H23FN6O. The molecular weight excluding hydrogens is 359 g/mol. The smallest absolute Gasteiger partial charge is 0.172 e. The van der Waals surface area contributed by atoms with Crippen LogP contribution < -0.4 is 14.7 Å². The van der Waals surface area contributed by atoms with Crippen LogP contribution in [0.5, 0.6) is 0 Å². The Balaban J connectivity index is 1.60. The molecule has 4 rings (SSSR count). The summed E-state index contributed by atoms with van der Waals surface area (Å²) < 4.78 is 13.5. The highest BCUT2D eigenvalue weighted by Gasteiger charge is 2.30. The predicted octanol–water partition coefficient (Wildman–Crippen LogP) is 2.45. The maximum Gasteiger partial charge on any atom is 0.172 e. The minimum atomic E-state index is -0.339. The summed E-state index contributed by atoms with van der Waals surface area (Å²) in [5.41, 5.74) is 0.851. The van der Waals surface area contributed by atoms with Gasteiger partial charge in [0.2, 0.25) is 0 Å². The maximum absolute atomic E-state index is 13.5. The van der Waals surface area contributed by atoms with Crippen LogP contribution in [-0.2, 0) is 4.79 Å². The first-order valence-corrected chi connectivity index (χ1v) is 9.38. The number of benzene rings is 1. The highest BCUT2D eigenvalue weighted by molar-refractivity contribution is 5.85. The number of carbonyl (C=O) groups excluding carboxylic acids is 1. The number of nitrogens with one attached hydrogen (secondary N) is 1. The lowest BCUT2D eigenvalue weighted by molar-refractivity contribution is -0.109. The van der Waals surface area contributed by atoms with Gasteiger partial charge >= 0.3 is 0 Å². The third-order valence-electron chi connectivity index (χ3n) is 5.25. The summed E-state index contributed by atoms with van der Waals surface area (Å²) in [5, 5.41) is 0.794. The molecule has 0 amide bonds. The number of H-pyrrole nitrogens is 1. The molecule has 1 aromatic carbocycles. The molecule has 1 unspecified atom stereocenters. The molecule has 1 aliphatic rings. The summed E-state index contributed by atoms with van der Waals surface area (Å²) in [5.74, 6) is 2.15. The molecule has 0 bridgehead atoms. The quantitative estimate of drug-likeness (QED) is 0.684. The number of piperazine rings is 1. The van der Waals surface area contributed by atoms with Gasteiger partial charge < -0.3 is 24.5 Å². The number of carbonyl (C=O) groups is 1. The van der Waals surface area contributed by atoms with Gasteiger partial charge in [-0.3, -0.25) is 0 Å². The molecule has 0 aliphatic carbocycles. The second-order valence-corrected chi connectivity index (χ2v) is 6.95. The van der Waals surface area contributed by atoms with Gasteiger partial charge in [0.1, 0.15) is 24.0 Å². The average Bonchev–Trinajstić information content (AvgIpc) is 3.15. The van der Waals surface area contributed by atoms with Crippen LogP contribution in [0.25, 0.3) is 10.9 Å². The van der Waals surface area contributed by atoms with Crippen molar-refractivity contribution in [1.29, 1.82) is 0 Å². The molecule has 3 heterocycles. The molecule has 1 N–H and O–H groups in total. The van der Waals surface area contributed by atoms with Gasteiger partial charge in [-0.2, -0.15) is 0 Å². The van der Waals surface area contributed by atoms with Crippen molar-refractivity contribution in [2.24, 2.45) is 0 Å². The third kappa shape index (κ3) is 3.26. The monoisotopic (exact) mass is 382 g/mol. The lowest BCUT2D eigenvalue weighted by Crippen LogP contribution is -2.54. The van der Waals surface area contributed by atoms with Crippen LogP contribution in [0.15, 0.2) is 36.7 Å². The second kappa shape index (κ2) is 7.46. The van der Waals surface area contributed by atoms with E-state index in [4.69, 9.17) is 0 Å². The largest absolute Gasteiger partial charge is 0.357 e. The minimum Gasteiger partial charge on any atom is -0.357 e. The number of aldehydes is 1.